The Labute approximate surface area is 318 Å². The van der Waals surface area contributed by atoms with Crippen LogP contribution in [0.5, 0.6) is 0 Å². The van der Waals surface area contributed by atoms with Gasteiger partial charge in [0.15, 0.2) is 10.6 Å². The number of aliphatic hydroxyl groups is 1. The number of nitrogens with one attached hydrogen (secondary N) is 2. The number of nitrogens with zero attached hydrogens (tertiary/aromatic N) is 2. The van der Waals surface area contributed by atoms with Crippen molar-refractivity contribution in [2.24, 2.45) is 0 Å². The highest BCUT2D eigenvalue weighted by atomic mass is 32.2. The van der Waals surface area contributed by atoms with Crippen molar-refractivity contribution in [3.63, 3.8) is 0 Å². The number of amides is 2. The lowest BCUT2D eigenvalue weighted by Gasteiger charge is -2.36. The Kier molecular flexibility index (Phi) is 13.6. The summed E-state index contributed by atoms with van der Waals surface area (Å²) in [6, 6.07) is 31.5. The molecule has 0 aliphatic carbocycles. The largest absolute Gasteiger partial charge is 0.397 e. The normalized spacial score (nSPS) is 17.0. The molecular formula is C41H45N5O5S2. The molecule has 0 spiro atoms. The standard InChI is InChI=1S/C41H45N5O5S2/c1-27-45-46-41(53-27)52-26-34-23-37(31-16-14-28(25-47)15-17-31)51-40(50-34)32-20-18-30(19-21-32)33-9-7-8-29(22-33)24-43-38(48)12-3-2-4-13-39(49)44-36-11-6-5-10-35(36)42/h5-11,14-22,34,37,40,47H,2-4,12-13,23-26,42H2,1H3,(H,43,48)(H,44,49). The lowest BCUT2D eigenvalue weighted by atomic mass is 9.99. The summed E-state index contributed by atoms with van der Waals surface area (Å²) in [4.78, 5) is 24.8. The van der Waals surface area contributed by atoms with Gasteiger partial charge in [-0.1, -0.05) is 108 Å². The number of benzene rings is 4. The van der Waals surface area contributed by atoms with E-state index >= 15 is 0 Å². The first-order valence-electron chi connectivity index (χ1n) is 17.9. The molecule has 1 fully saturated rings. The molecule has 12 heteroatoms. The Morgan fingerprint density at radius 3 is 2.34 bits per heavy atom. The highest BCUT2D eigenvalue weighted by Gasteiger charge is 2.32. The van der Waals surface area contributed by atoms with E-state index < -0.39 is 6.29 Å². The number of ether oxygens (including phenoxy) is 2. The molecule has 53 heavy (non-hydrogen) atoms. The van der Waals surface area contributed by atoms with Crippen molar-refractivity contribution < 1.29 is 24.2 Å². The highest BCUT2D eigenvalue weighted by molar-refractivity contribution is 8.01. The average molecular weight is 752 g/mol. The SMILES string of the molecule is Cc1nnc(SCC2CC(c3ccc(CO)cc3)OC(c3ccc(-c4cccc(CNC(=O)CCCCCC(=O)Nc5ccccc5N)c4)cc3)O2)s1. The molecule has 3 atom stereocenters. The number of aromatic nitrogens is 2. The molecule has 1 aliphatic rings. The van der Waals surface area contributed by atoms with Gasteiger partial charge in [-0.25, -0.2) is 0 Å². The van der Waals surface area contributed by atoms with Crippen molar-refractivity contribution in [1.29, 1.82) is 0 Å². The van der Waals surface area contributed by atoms with Crippen molar-refractivity contribution in [1.82, 2.24) is 15.5 Å². The third-order valence-electron chi connectivity index (χ3n) is 8.99. The number of carbonyl (C=O) groups is 2. The summed E-state index contributed by atoms with van der Waals surface area (Å²) in [7, 11) is 0. The van der Waals surface area contributed by atoms with Crippen LogP contribution in [0, 0.1) is 6.92 Å². The van der Waals surface area contributed by atoms with E-state index in [1.165, 1.54) is 0 Å². The third-order valence-corrected chi connectivity index (χ3v) is 11.1. The van der Waals surface area contributed by atoms with Crippen LogP contribution in [0.4, 0.5) is 11.4 Å². The fourth-order valence-electron chi connectivity index (χ4n) is 6.08. The zero-order valence-corrected chi connectivity index (χ0v) is 31.3. The number of para-hydroxylation sites is 2. The third kappa shape index (κ3) is 11.2. The molecule has 1 saturated heterocycles. The van der Waals surface area contributed by atoms with Gasteiger partial charge >= 0.3 is 0 Å². The number of nitrogen functional groups attached to an aromatic ring is 1. The van der Waals surface area contributed by atoms with Crippen LogP contribution in [0.15, 0.2) is 101 Å². The number of carbonyl (C=O) groups excluding carboxylic acids is 2. The molecule has 0 bridgehead atoms. The number of nitrogens with two attached hydrogens (primary N) is 1. The van der Waals surface area contributed by atoms with Gasteiger partial charge < -0.3 is 30.9 Å². The monoisotopic (exact) mass is 751 g/mol. The first-order valence-corrected chi connectivity index (χ1v) is 19.7. The molecule has 276 valence electrons. The van der Waals surface area contributed by atoms with Gasteiger partial charge in [-0.3, -0.25) is 9.59 Å². The molecule has 5 N–H and O–H groups in total. The maximum atomic E-state index is 12.6. The molecule has 3 unspecified atom stereocenters. The van der Waals surface area contributed by atoms with Crippen LogP contribution in [0.2, 0.25) is 0 Å². The second-order valence-electron chi connectivity index (χ2n) is 13.0. The van der Waals surface area contributed by atoms with E-state index in [1.807, 2.05) is 67.6 Å². The highest BCUT2D eigenvalue weighted by Crippen LogP contribution is 2.40. The average Bonchev–Trinajstić information content (AvgIpc) is 3.61. The molecule has 1 aromatic heterocycles. The van der Waals surface area contributed by atoms with E-state index in [2.05, 4.69) is 45.1 Å². The quantitative estimate of drug-likeness (QED) is 0.0446. The zero-order valence-electron chi connectivity index (χ0n) is 29.7. The van der Waals surface area contributed by atoms with E-state index in [0.29, 0.717) is 50.0 Å². The van der Waals surface area contributed by atoms with Crippen LogP contribution < -0.4 is 16.4 Å². The summed E-state index contributed by atoms with van der Waals surface area (Å²) in [5.74, 6) is 0.643. The Morgan fingerprint density at radius 2 is 1.60 bits per heavy atom. The molecule has 6 rings (SSSR count). The maximum absolute atomic E-state index is 12.6. The zero-order chi connectivity index (χ0) is 37.0. The minimum Gasteiger partial charge on any atom is -0.397 e. The van der Waals surface area contributed by atoms with Crippen molar-refractivity contribution in [3.05, 3.63) is 124 Å². The van der Waals surface area contributed by atoms with Gasteiger partial charge in [0.2, 0.25) is 11.8 Å². The fraction of sp³-hybridized carbons (Fsp3) is 0.317. The van der Waals surface area contributed by atoms with E-state index in [9.17, 15) is 14.7 Å². The Morgan fingerprint density at radius 1 is 0.849 bits per heavy atom. The van der Waals surface area contributed by atoms with Gasteiger partial charge in [-0.2, -0.15) is 0 Å². The molecule has 4 aromatic carbocycles. The number of anilines is 2. The fourth-order valence-corrected chi connectivity index (χ4v) is 7.94. The van der Waals surface area contributed by atoms with Crippen LogP contribution in [0.25, 0.3) is 11.1 Å². The van der Waals surface area contributed by atoms with E-state index in [4.69, 9.17) is 15.2 Å². The second kappa shape index (κ2) is 18.9. The molecule has 2 amide bonds. The molecule has 0 saturated carbocycles. The Hall–Kier alpha value is -4.59. The van der Waals surface area contributed by atoms with Crippen LogP contribution in [-0.2, 0) is 32.2 Å². The van der Waals surface area contributed by atoms with Crippen molar-refractivity contribution in [2.45, 2.75) is 81.4 Å². The number of rotatable bonds is 16. The van der Waals surface area contributed by atoms with Crippen molar-refractivity contribution in [2.75, 3.05) is 16.8 Å². The summed E-state index contributed by atoms with van der Waals surface area (Å²) in [5.41, 5.74) is 13.0. The van der Waals surface area contributed by atoms with Gasteiger partial charge in [0.05, 0.1) is 30.2 Å². The minimum absolute atomic E-state index is 0.00107. The smallest absolute Gasteiger partial charge is 0.224 e. The summed E-state index contributed by atoms with van der Waals surface area (Å²) < 4.78 is 14.0. The summed E-state index contributed by atoms with van der Waals surface area (Å²) >= 11 is 3.23. The van der Waals surface area contributed by atoms with Gasteiger partial charge in [0, 0.05) is 37.1 Å². The first kappa shape index (κ1) is 38.1. The van der Waals surface area contributed by atoms with E-state index in [1.54, 1.807) is 35.2 Å². The number of hydrogen-bond acceptors (Lipinski definition) is 10. The molecule has 0 radical (unpaired) electrons. The van der Waals surface area contributed by atoms with Gasteiger partial charge in [-0.15, -0.1) is 10.2 Å². The number of hydrogen-bond donors (Lipinski definition) is 4. The summed E-state index contributed by atoms with van der Waals surface area (Å²) in [6.07, 6.45) is 2.93. The predicted molar refractivity (Wildman–Crippen MR) is 210 cm³/mol. The molecular weight excluding hydrogens is 707 g/mol. The molecule has 5 aromatic rings. The minimum atomic E-state index is -0.547. The topological polar surface area (TPSA) is 149 Å². The van der Waals surface area contributed by atoms with Gasteiger partial charge in [-0.05, 0) is 65.8 Å². The number of unbranched alkanes of at least 4 members (excludes halogenated alkanes) is 2. The number of thioether (sulfide) groups is 1. The Balaban J connectivity index is 0.995. The number of aliphatic hydroxyl groups excluding tert-OH is 1. The van der Waals surface area contributed by atoms with Gasteiger partial charge in [0.1, 0.15) is 5.01 Å². The molecule has 10 nitrogen and oxygen atoms in total. The molecule has 2 heterocycles. The second-order valence-corrected chi connectivity index (χ2v) is 15.5. The number of aryl methyl sites for hydroxylation is 1. The van der Waals surface area contributed by atoms with Crippen LogP contribution in [0.1, 0.15) is 78.2 Å². The van der Waals surface area contributed by atoms with Crippen molar-refractivity contribution in [3.8, 4) is 11.1 Å². The first-order chi connectivity index (χ1) is 25.8. The maximum Gasteiger partial charge on any atom is 0.224 e. The summed E-state index contributed by atoms with van der Waals surface area (Å²) in [6.45, 7) is 2.39. The van der Waals surface area contributed by atoms with Gasteiger partial charge in [0.25, 0.3) is 0 Å². The van der Waals surface area contributed by atoms with Crippen LogP contribution in [0.3, 0.4) is 0 Å². The van der Waals surface area contributed by atoms with Crippen molar-refractivity contribution >= 4 is 46.3 Å². The van der Waals surface area contributed by atoms with E-state index in [-0.39, 0.29) is 30.6 Å². The van der Waals surface area contributed by atoms with Crippen LogP contribution in [-0.4, -0.2) is 39.0 Å². The molecule has 1 aliphatic heterocycles. The van der Waals surface area contributed by atoms with E-state index in [0.717, 1.165) is 54.9 Å². The predicted octanol–water partition coefficient (Wildman–Crippen LogP) is 8.13. The Bertz CT molecular complexity index is 1950. The van der Waals surface area contributed by atoms with Crippen LogP contribution >= 0.6 is 23.1 Å². The lowest BCUT2D eigenvalue weighted by molar-refractivity contribution is -0.245. The summed E-state index contributed by atoms with van der Waals surface area (Å²) in [5, 5.41) is 24.7. The lowest BCUT2D eigenvalue weighted by Crippen LogP contribution is -2.31.